The third-order valence-electron chi connectivity index (χ3n) is 3.16. The fourth-order valence-electron chi connectivity index (χ4n) is 2.92. The third-order valence-corrected chi connectivity index (χ3v) is 5.45. The van der Waals surface area contributed by atoms with Gasteiger partial charge in [-0.2, -0.15) is 0 Å². The summed E-state index contributed by atoms with van der Waals surface area (Å²) in [4.78, 5) is 12.6. The van der Waals surface area contributed by atoms with Crippen molar-refractivity contribution in [2.45, 2.75) is 45.2 Å². The smallest absolute Gasteiger partial charge is 0.304 e. The van der Waals surface area contributed by atoms with E-state index in [4.69, 9.17) is 5.11 Å². The van der Waals surface area contributed by atoms with E-state index in [0.717, 1.165) is 0 Å². The Bertz CT molecular complexity index is 387. The molecular weight excluding hydrogens is 242 g/mol. The molecule has 17 heavy (non-hydrogen) atoms. The summed E-state index contributed by atoms with van der Waals surface area (Å²) in [5, 5.41) is 8.74. The number of carbonyl (C=O) groups is 1. The third kappa shape index (κ3) is 3.42. The predicted molar refractivity (Wildman–Crippen MR) is 65.8 cm³/mol. The van der Waals surface area contributed by atoms with Crippen LogP contribution in [0.15, 0.2) is 0 Å². The summed E-state index contributed by atoms with van der Waals surface area (Å²) in [6, 6.07) is 0. The summed E-state index contributed by atoms with van der Waals surface area (Å²) >= 11 is 0. The summed E-state index contributed by atoms with van der Waals surface area (Å²) in [6.45, 7) is 7.80. The summed E-state index contributed by atoms with van der Waals surface area (Å²) < 4.78 is 23.6. The van der Waals surface area contributed by atoms with Crippen molar-refractivity contribution in [3.05, 3.63) is 0 Å². The molecule has 1 N–H and O–H groups in total. The standard InChI is InChI=1S/C11H21NO4S/c1-10(2)7-17(15,16)8-11(3,4)12(10)6-5-9(13)14/h5-8H2,1-4H3,(H,13,14). The lowest BCUT2D eigenvalue weighted by Crippen LogP contribution is -2.65. The van der Waals surface area contributed by atoms with Crippen molar-refractivity contribution in [1.82, 2.24) is 4.90 Å². The number of hydrogen-bond acceptors (Lipinski definition) is 4. The number of carboxylic acid groups (broad SMARTS) is 1. The van der Waals surface area contributed by atoms with E-state index in [1.807, 2.05) is 32.6 Å². The maximum Gasteiger partial charge on any atom is 0.304 e. The minimum atomic E-state index is -3.06. The van der Waals surface area contributed by atoms with Crippen LogP contribution in [0.2, 0.25) is 0 Å². The summed E-state index contributed by atoms with van der Waals surface area (Å²) in [5.41, 5.74) is -1.04. The van der Waals surface area contributed by atoms with E-state index in [1.165, 1.54) is 0 Å². The van der Waals surface area contributed by atoms with Gasteiger partial charge in [-0.05, 0) is 27.7 Å². The molecule has 6 heteroatoms. The van der Waals surface area contributed by atoms with Crippen LogP contribution in [0.5, 0.6) is 0 Å². The van der Waals surface area contributed by atoms with Crippen LogP contribution in [-0.4, -0.2) is 53.5 Å². The van der Waals surface area contributed by atoms with Gasteiger partial charge in [0.1, 0.15) is 0 Å². The van der Waals surface area contributed by atoms with Gasteiger partial charge in [-0.15, -0.1) is 0 Å². The van der Waals surface area contributed by atoms with E-state index < -0.39 is 26.9 Å². The van der Waals surface area contributed by atoms with Crippen LogP contribution in [0, 0.1) is 0 Å². The van der Waals surface area contributed by atoms with Crippen LogP contribution in [-0.2, 0) is 14.6 Å². The van der Waals surface area contributed by atoms with Crippen LogP contribution >= 0.6 is 0 Å². The first-order chi connectivity index (χ1) is 7.46. The molecule has 1 aliphatic rings. The Hall–Kier alpha value is -0.620. The van der Waals surface area contributed by atoms with E-state index in [2.05, 4.69) is 0 Å². The summed E-state index contributed by atoms with van der Waals surface area (Å²) in [7, 11) is -3.06. The molecule has 0 saturated carbocycles. The average molecular weight is 263 g/mol. The number of hydrogen-bond donors (Lipinski definition) is 1. The minimum Gasteiger partial charge on any atom is -0.481 e. The van der Waals surface area contributed by atoms with E-state index in [9.17, 15) is 13.2 Å². The molecule has 0 spiro atoms. The normalized spacial score (nSPS) is 26.6. The molecular formula is C11H21NO4S. The van der Waals surface area contributed by atoms with E-state index in [-0.39, 0.29) is 17.9 Å². The minimum absolute atomic E-state index is 0.0346. The highest BCUT2D eigenvalue weighted by molar-refractivity contribution is 7.91. The largest absolute Gasteiger partial charge is 0.481 e. The SMILES string of the molecule is CC1(C)CS(=O)(=O)CC(C)(C)N1CCC(=O)O. The second-order valence-corrected chi connectivity index (χ2v) is 8.02. The fourth-order valence-corrected chi connectivity index (χ4v) is 5.48. The topological polar surface area (TPSA) is 74.7 Å². The Morgan fingerprint density at radius 3 is 1.94 bits per heavy atom. The molecule has 0 atom stereocenters. The quantitative estimate of drug-likeness (QED) is 0.813. The molecule has 0 aromatic carbocycles. The van der Waals surface area contributed by atoms with E-state index in [0.29, 0.717) is 6.54 Å². The van der Waals surface area contributed by atoms with Crippen molar-refractivity contribution >= 4 is 15.8 Å². The molecule has 1 aliphatic heterocycles. The molecule has 0 bridgehead atoms. The van der Waals surface area contributed by atoms with Gasteiger partial charge in [-0.25, -0.2) is 8.42 Å². The molecule has 1 heterocycles. The zero-order valence-electron chi connectivity index (χ0n) is 10.9. The highest BCUT2D eigenvalue weighted by Crippen LogP contribution is 2.33. The second-order valence-electron chi connectivity index (χ2n) is 5.95. The monoisotopic (exact) mass is 263 g/mol. The Morgan fingerprint density at radius 1 is 1.18 bits per heavy atom. The van der Waals surface area contributed by atoms with Gasteiger partial charge in [0.15, 0.2) is 9.84 Å². The number of rotatable bonds is 3. The van der Waals surface area contributed by atoms with Crippen molar-refractivity contribution < 1.29 is 18.3 Å². The maximum atomic E-state index is 11.8. The van der Waals surface area contributed by atoms with Gasteiger partial charge < -0.3 is 5.11 Å². The first kappa shape index (κ1) is 14.4. The molecule has 0 unspecified atom stereocenters. The molecule has 1 fully saturated rings. The Kier molecular flexibility index (Phi) is 3.60. The second kappa shape index (κ2) is 4.24. The van der Waals surface area contributed by atoms with E-state index >= 15 is 0 Å². The van der Waals surface area contributed by atoms with Crippen LogP contribution in [0.3, 0.4) is 0 Å². The van der Waals surface area contributed by atoms with E-state index in [1.54, 1.807) is 0 Å². The van der Waals surface area contributed by atoms with Crippen LogP contribution in [0.1, 0.15) is 34.1 Å². The molecule has 100 valence electrons. The maximum absolute atomic E-state index is 11.8. The number of nitrogens with zero attached hydrogens (tertiary/aromatic N) is 1. The van der Waals surface area contributed by atoms with Crippen LogP contribution in [0.25, 0.3) is 0 Å². The Labute approximate surface area is 103 Å². The van der Waals surface area contributed by atoms with Crippen molar-refractivity contribution in [3.63, 3.8) is 0 Å². The summed E-state index contributed by atoms with van der Waals surface area (Å²) in [5.74, 6) is -0.684. The predicted octanol–water partition coefficient (Wildman–Crippen LogP) is 0.749. The van der Waals surface area contributed by atoms with Gasteiger partial charge in [0.2, 0.25) is 0 Å². The summed E-state index contributed by atoms with van der Waals surface area (Å²) in [6.07, 6.45) is 0.0346. The van der Waals surface area contributed by atoms with Crippen molar-refractivity contribution in [1.29, 1.82) is 0 Å². The van der Waals surface area contributed by atoms with Crippen molar-refractivity contribution in [3.8, 4) is 0 Å². The lowest BCUT2D eigenvalue weighted by Gasteiger charge is -2.52. The molecule has 0 aliphatic carbocycles. The first-order valence-electron chi connectivity index (χ1n) is 5.66. The van der Waals surface area contributed by atoms with Crippen molar-refractivity contribution in [2.75, 3.05) is 18.1 Å². The lowest BCUT2D eigenvalue weighted by molar-refractivity contribution is -0.138. The first-order valence-corrected chi connectivity index (χ1v) is 7.48. The number of sulfone groups is 1. The molecule has 5 nitrogen and oxygen atoms in total. The lowest BCUT2D eigenvalue weighted by atomic mass is 9.94. The van der Waals surface area contributed by atoms with Gasteiger partial charge in [0.05, 0.1) is 17.9 Å². The van der Waals surface area contributed by atoms with Gasteiger partial charge in [0.25, 0.3) is 0 Å². The highest BCUT2D eigenvalue weighted by Gasteiger charge is 2.47. The van der Waals surface area contributed by atoms with Crippen LogP contribution < -0.4 is 0 Å². The molecule has 1 rings (SSSR count). The number of aliphatic carboxylic acids is 1. The molecule has 0 aromatic rings. The van der Waals surface area contributed by atoms with Gasteiger partial charge in [-0.3, -0.25) is 9.69 Å². The Morgan fingerprint density at radius 2 is 1.59 bits per heavy atom. The van der Waals surface area contributed by atoms with Gasteiger partial charge in [-0.1, -0.05) is 0 Å². The molecule has 1 saturated heterocycles. The van der Waals surface area contributed by atoms with Gasteiger partial charge in [0, 0.05) is 17.6 Å². The van der Waals surface area contributed by atoms with Crippen LogP contribution in [0.4, 0.5) is 0 Å². The zero-order valence-corrected chi connectivity index (χ0v) is 11.7. The fraction of sp³-hybridized carbons (Fsp3) is 0.909. The molecule has 0 radical (unpaired) electrons. The van der Waals surface area contributed by atoms with Gasteiger partial charge >= 0.3 is 5.97 Å². The van der Waals surface area contributed by atoms with Crippen molar-refractivity contribution in [2.24, 2.45) is 0 Å². The highest BCUT2D eigenvalue weighted by atomic mass is 32.2. The number of carboxylic acids is 1. The Balaban J connectivity index is 2.97. The zero-order chi connectivity index (χ0) is 13.5. The average Bonchev–Trinajstić information content (AvgIpc) is 1.94. The molecule has 0 aromatic heterocycles. The molecule has 0 amide bonds.